The lowest BCUT2D eigenvalue weighted by atomic mass is 10.2. The molecule has 0 saturated heterocycles. The summed E-state index contributed by atoms with van der Waals surface area (Å²) in [6.07, 6.45) is -3.56. The highest BCUT2D eigenvalue weighted by molar-refractivity contribution is 9.10. The van der Waals surface area contributed by atoms with Crippen LogP contribution in [0, 0.1) is 0 Å². The van der Waals surface area contributed by atoms with Crippen LogP contribution in [0.25, 0.3) is 0 Å². The number of hydrogen-bond donors (Lipinski definition) is 0. The second kappa shape index (κ2) is 7.48. The van der Waals surface area contributed by atoms with Crippen LogP contribution >= 0.6 is 27.5 Å². The topological polar surface area (TPSA) is 59.5 Å². The highest BCUT2D eigenvalue weighted by Gasteiger charge is 2.33. The molecule has 2 aromatic rings. The number of ether oxygens (including phenoxy) is 1. The molecule has 0 aliphatic heterocycles. The maximum Gasteiger partial charge on any atom is 0.573 e. The van der Waals surface area contributed by atoms with E-state index in [9.17, 15) is 21.6 Å². The van der Waals surface area contributed by atoms with Crippen molar-refractivity contribution in [3.63, 3.8) is 0 Å². The van der Waals surface area contributed by atoms with Crippen LogP contribution in [0.3, 0.4) is 0 Å². The summed E-state index contributed by atoms with van der Waals surface area (Å²) in [5.74, 6) is -0.476. The van der Waals surface area contributed by atoms with Gasteiger partial charge in [-0.3, -0.25) is 0 Å². The van der Waals surface area contributed by atoms with Crippen molar-refractivity contribution in [3.05, 3.63) is 51.7 Å². The second-order valence-corrected chi connectivity index (χ2v) is 8.15. The minimum absolute atomic E-state index is 0.0463. The number of para-hydroxylation sites is 1. The lowest BCUT2D eigenvalue weighted by Crippen LogP contribution is -2.27. The first-order valence-corrected chi connectivity index (χ1v) is 9.23. The van der Waals surface area contributed by atoms with Gasteiger partial charge in [-0.05, 0) is 28.1 Å². The average Bonchev–Trinajstić information content (AvgIpc) is 2.50. The number of halogens is 5. The van der Waals surface area contributed by atoms with Crippen LogP contribution in [0.2, 0.25) is 5.15 Å². The van der Waals surface area contributed by atoms with E-state index in [1.54, 1.807) is 0 Å². The van der Waals surface area contributed by atoms with Crippen molar-refractivity contribution in [1.82, 2.24) is 9.29 Å². The lowest BCUT2D eigenvalue weighted by Gasteiger charge is -2.20. The van der Waals surface area contributed by atoms with Gasteiger partial charge in [0.25, 0.3) is 0 Å². The van der Waals surface area contributed by atoms with Crippen LogP contribution < -0.4 is 4.74 Å². The summed E-state index contributed by atoms with van der Waals surface area (Å²) in [6.45, 7) is -0.350. The molecule has 1 heterocycles. The third kappa shape index (κ3) is 5.06. The number of benzene rings is 1. The molecule has 0 N–H and O–H groups in total. The Morgan fingerprint density at radius 1 is 1.32 bits per heavy atom. The monoisotopic (exact) mass is 458 g/mol. The van der Waals surface area contributed by atoms with Crippen molar-refractivity contribution in [3.8, 4) is 5.75 Å². The third-order valence-electron chi connectivity index (χ3n) is 3.05. The van der Waals surface area contributed by atoms with E-state index in [-0.39, 0.29) is 22.2 Å². The maximum atomic E-state index is 12.6. The van der Waals surface area contributed by atoms with E-state index >= 15 is 0 Å². The van der Waals surface area contributed by atoms with Crippen LogP contribution in [0.1, 0.15) is 5.56 Å². The van der Waals surface area contributed by atoms with Crippen molar-refractivity contribution in [2.45, 2.75) is 17.8 Å². The number of hydrogen-bond acceptors (Lipinski definition) is 4. The first-order valence-electron chi connectivity index (χ1n) is 6.62. The fraction of sp³-hybridized carbons (Fsp3) is 0.214. The Kier molecular flexibility index (Phi) is 5.97. The van der Waals surface area contributed by atoms with Crippen LogP contribution in [-0.4, -0.2) is 31.1 Å². The molecule has 1 aromatic heterocycles. The van der Waals surface area contributed by atoms with E-state index in [1.807, 2.05) is 0 Å². The van der Waals surface area contributed by atoms with E-state index in [0.717, 1.165) is 10.4 Å². The SMILES string of the molecule is CN(Cc1ccccc1OC(F)(F)F)S(=O)(=O)c1cc(Br)cnc1Cl. The van der Waals surface area contributed by atoms with Gasteiger partial charge in [0.05, 0.1) is 0 Å². The molecule has 0 spiro atoms. The van der Waals surface area contributed by atoms with Crippen molar-refractivity contribution in [2.24, 2.45) is 0 Å². The molecule has 5 nitrogen and oxygen atoms in total. The van der Waals surface area contributed by atoms with E-state index in [1.165, 1.54) is 37.5 Å². The Morgan fingerprint density at radius 3 is 2.60 bits per heavy atom. The molecule has 0 aliphatic carbocycles. The molecule has 0 aliphatic rings. The molecule has 0 fully saturated rings. The summed E-state index contributed by atoms with van der Waals surface area (Å²) in [5.41, 5.74) is 0.0463. The van der Waals surface area contributed by atoms with Crippen LogP contribution in [0.5, 0.6) is 5.75 Å². The summed E-state index contributed by atoms with van der Waals surface area (Å²) in [4.78, 5) is 3.48. The van der Waals surface area contributed by atoms with Gasteiger partial charge >= 0.3 is 6.36 Å². The molecular weight excluding hydrogens is 449 g/mol. The molecule has 1 aromatic carbocycles. The summed E-state index contributed by atoms with van der Waals surface area (Å²) in [5, 5.41) is -0.241. The highest BCUT2D eigenvalue weighted by Crippen LogP contribution is 2.30. The molecule has 25 heavy (non-hydrogen) atoms. The predicted molar refractivity (Wildman–Crippen MR) is 88.7 cm³/mol. The summed E-state index contributed by atoms with van der Waals surface area (Å²) in [7, 11) is -2.86. The van der Waals surface area contributed by atoms with E-state index in [4.69, 9.17) is 11.6 Å². The molecule has 2 rings (SSSR count). The zero-order valence-corrected chi connectivity index (χ0v) is 15.7. The lowest BCUT2D eigenvalue weighted by molar-refractivity contribution is -0.274. The molecule has 0 unspecified atom stereocenters. The molecule has 0 saturated carbocycles. The van der Waals surface area contributed by atoms with Gasteiger partial charge in [0.15, 0.2) is 0 Å². The van der Waals surface area contributed by atoms with Gasteiger partial charge in [-0.1, -0.05) is 29.8 Å². The number of sulfonamides is 1. The minimum Gasteiger partial charge on any atom is -0.405 e. The van der Waals surface area contributed by atoms with Gasteiger partial charge < -0.3 is 4.74 Å². The first-order chi connectivity index (χ1) is 11.5. The molecular formula is C14H11BrClF3N2O3S. The summed E-state index contributed by atoms with van der Waals surface area (Å²) in [6, 6.07) is 6.55. The van der Waals surface area contributed by atoms with Crippen molar-refractivity contribution >= 4 is 37.6 Å². The molecule has 0 amide bonds. The Hall–Kier alpha value is -1.36. The van der Waals surface area contributed by atoms with Crippen molar-refractivity contribution in [1.29, 1.82) is 0 Å². The summed E-state index contributed by atoms with van der Waals surface area (Å²) < 4.78 is 67.8. The van der Waals surface area contributed by atoms with Gasteiger partial charge in [0, 0.05) is 29.8 Å². The fourth-order valence-electron chi connectivity index (χ4n) is 1.94. The van der Waals surface area contributed by atoms with Gasteiger partial charge in [-0.25, -0.2) is 13.4 Å². The van der Waals surface area contributed by atoms with Crippen LogP contribution in [-0.2, 0) is 16.6 Å². The molecule has 0 radical (unpaired) electrons. The number of aromatic nitrogens is 1. The second-order valence-electron chi connectivity index (χ2n) is 4.86. The van der Waals surface area contributed by atoms with E-state index in [2.05, 4.69) is 25.7 Å². The number of alkyl halides is 3. The van der Waals surface area contributed by atoms with E-state index in [0.29, 0.717) is 4.47 Å². The first kappa shape index (κ1) is 20.0. The zero-order chi connectivity index (χ0) is 18.8. The Balaban J connectivity index is 2.33. The van der Waals surface area contributed by atoms with Crippen molar-refractivity contribution < 1.29 is 26.3 Å². The number of rotatable bonds is 5. The Bertz CT molecular complexity index is 878. The van der Waals surface area contributed by atoms with Crippen molar-refractivity contribution in [2.75, 3.05) is 7.05 Å². The Morgan fingerprint density at radius 2 is 1.96 bits per heavy atom. The highest BCUT2D eigenvalue weighted by atomic mass is 79.9. The zero-order valence-electron chi connectivity index (χ0n) is 12.6. The number of pyridine rings is 1. The molecule has 136 valence electrons. The normalized spacial score (nSPS) is 12.4. The van der Waals surface area contributed by atoms with E-state index < -0.39 is 22.1 Å². The molecule has 11 heteroatoms. The van der Waals surface area contributed by atoms with Gasteiger partial charge in [-0.2, -0.15) is 4.31 Å². The number of nitrogens with zero attached hydrogens (tertiary/aromatic N) is 2. The molecule has 0 atom stereocenters. The average molecular weight is 460 g/mol. The standard InChI is InChI=1S/C14H11BrClF3N2O3S/c1-21(25(22,23)12-6-10(15)7-20-13(12)16)8-9-4-2-3-5-11(9)24-14(17,18)19/h2-7H,8H2,1H3. The maximum absolute atomic E-state index is 12.6. The van der Waals surface area contributed by atoms with Gasteiger partial charge in [0.2, 0.25) is 10.0 Å². The Labute approximate surface area is 155 Å². The van der Waals surface area contributed by atoms with Crippen LogP contribution in [0.15, 0.2) is 45.9 Å². The molecule has 0 bridgehead atoms. The fourth-order valence-corrected chi connectivity index (χ4v) is 4.00. The van der Waals surface area contributed by atoms with Gasteiger partial charge in [-0.15, -0.1) is 13.2 Å². The summed E-state index contributed by atoms with van der Waals surface area (Å²) >= 11 is 8.94. The minimum atomic E-state index is -4.88. The largest absolute Gasteiger partial charge is 0.573 e. The van der Waals surface area contributed by atoms with Gasteiger partial charge in [0.1, 0.15) is 15.8 Å². The quantitative estimate of drug-likeness (QED) is 0.628. The van der Waals surface area contributed by atoms with Crippen LogP contribution in [0.4, 0.5) is 13.2 Å². The predicted octanol–water partition coefficient (Wildman–Crippen LogP) is 4.22. The third-order valence-corrected chi connectivity index (χ3v) is 5.72. The smallest absolute Gasteiger partial charge is 0.405 e.